The van der Waals surface area contributed by atoms with E-state index < -0.39 is 0 Å². The van der Waals surface area contributed by atoms with Gasteiger partial charge in [0.25, 0.3) is 0 Å². The molecule has 26 heavy (non-hydrogen) atoms. The van der Waals surface area contributed by atoms with Crippen molar-refractivity contribution in [2.75, 3.05) is 19.0 Å². The molecule has 0 aliphatic rings. The Kier molecular flexibility index (Phi) is 7.73. The van der Waals surface area contributed by atoms with Crippen LogP contribution in [0.25, 0.3) is 6.08 Å². The number of amides is 1. The Hall–Kier alpha value is -2.27. The zero-order chi connectivity index (χ0) is 18.9. The summed E-state index contributed by atoms with van der Waals surface area (Å²) in [6, 6.07) is 13.1. The Bertz CT molecular complexity index is 772. The van der Waals surface area contributed by atoms with Gasteiger partial charge in [-0.15, -0.1) is 0 Å². The van der Waals surface area contributed by atoms with Gasteiger partial charge < -0.3 is 14.8 Å². The lowest BCUT2D eigenvalue weighted by Crippen LogP contribution is -2.08. The van der Waals surface area contributed by atoms with Crippen molar-refractivity contribution in [1.29, 1.82) is 0 Å². The van der Waals surface area contributed by atoms with E-state index in [0.29, 0.717) is 24.0 Å². The van der Waals surface area contributed by atoms with Crippen molar-refractivity contribution in [3.8, 4) is 11.5 Å². The fourth-order valence-corrected chi connectivity index (χ4v) is 2.60. The summed E-state index contributed by atoms with van der Waals surface area (Å²) < 4.78 is 12.0. The quantitative estimate of drug-likeness (QED) is 0.573. The predicted molar refractivity (Wildman–Crippen MR) is 110 cm³/mol. The number of carbonyl (C=O) groups is 1. The van der Waals surface area contributed by atoms with Crippen LogP contribution in [0.5, 0.6) is 11.5 Å². The van der Waals surface area contributed by atoms with Crippen molar-refractivity contribution in [3.05, 3.63) is 58.6 Å². The van der Waals surface area contributed by atoms with Crippen LogP contribution in [0.4, 0.5) is 5.69 Å². The van der Waals surface area contributed by atoms with Gasteiger partial charge in [-0.05, 0) is 64.2 Å². The van der Waals surface area contributed by atoms with Crippen LogP contribution in [0.2, 0.25) is 0 Å². The molecule has 0 aromatic heterocycles. The summed E-state index contributed by atoms with van der Waals surface area (Å²) in [5.41, 5.74) is 1.59. The fraction of sp³-hybridized carbons (Fsp3) is 0.286. The molecule has 0 atom stereocenters. The maximum Gasteiger partial charge on any atom is 0.248 e. The van der Waals surface area contributed by atoms with Gasteiger partial charge in [0.1, 0.15) is 0 Å². The number of anilines is 1. The third-order valence-corrected chi connectivity index (χ3v) is 4.39. The van der Waals surface area contributed by atoms with Crippen LogP contribution in [0.3, 0.4) is 0 Å². The fourth-order valence-electron chi connectivity index (χ4n) is 2.22. The van der Waals surface area contributed by atoms with Crippen molar-refractivity contribution < 1.29 is 14.3 Å². The highest BCUT2D eigenvalue weighted by Crippen LogP contribution is 2.29. The minimum Gasteiger partial charge on any atom is -0.493 e. The molecule has 0 saturated carbocycles. The summed E-state index contributed by atoms with van der Waals surface area (Å²) in [4.78, 5) is 12.1. The second kappa shape index (κ2) is 10.0. The van der Waals surface area contributed by atoms with E-state index in [1.807, 2.05) is 42.5 Å². The van der Waals surface area contributed by atoms with Crippen molar-refractivity contribution >= 4 is 33.6 Å². The molecular formula is C21H24BrNO3. The number of hydrogen-bond acceptors (Lipinski definition) is 3. The Balaban J connectivity index is 2.01. The van der Waals surface area contributed by atoms with E-state index in [2.05, 4.69) is 35.1 Å². The van der Waals surface area contributed by atoms with Gasteiger partial charge in [0, 0.05) is 10.5 Å². The molecule has 0 radical (unpaired) electrons. The molecule has 0 heterocycles. The first kappa shape index (κ1) is 20.0. The first-order chi connectivity index (χ1) is 12.5. The van der Waals surface area contributed by atoms with Gasteiger partial charge in [0.05, 0.1) is 19.4 Å². The molecule has 1 N–H and O–H groups in total. The van der Waals surface area contributed by atoms with E-state index in [0.717, 1.165) is 22.1 Å². The first-order valence-electron chi connectivity index (χ1n) is 8.54. The number of nitrogens with one attached hydrogen (secondary N) is 1. The molecule has 0 saturated heterocycles. The van der Waals surface area contributed by atoms with Gasteiger partial charge in [0.15, 0.2) is 11.5 Å². The summed E-state index contributed by atoms with van der Waals surface area (Å²) in [5, 5.41) is 2.83. The molecule has 0 unspecified atom stereocenters. The van der Waals surface area contributed by atoms with Gasteiger partial charge in [-0.2, -0.15) is 0 Å². The summed E-state index contributed by atoms with van der Waals surface area (Å²) in [7, 11) is 1.61. The lowest BCUT2D eigenvalue weighted by molar-refractivity contribution is -0.111. The van der Waals surface area contributed by atoms with E-state index in [1.165, 1.54) is 6.08 Å². The van der Waals surface area contributed by atoms with Crippen LogP contribution in [-0.2, 0) is 4.79 Å². The summed E-state index contributed by atoms with van der Waals surface area (Å²) in [5.74, 6) is 1.75. The highest BCUT2D eigenvalue weighted by atomic mass is 79.9. The van der Waals surface area contributed by atoms with Gasteiger partial charge in [-0.1, -0.05) is 32.0 Å². The molecule has 0 aliphatic carbocycles. The van der Waals surface area contributed by atoms with Crippen LogP contribution in [0, 0.1) is 5.92 Å². The third-order valence-electron chi connectivity index (χ3n) is 3.70. The topological polar surface area (TPSA) is 47.6 Å². The Morgan fingerprint density at radius 2 is 1.96 bits per heavy atom. The maximum atomic E-state index is 12.1. The van der Waals surface area contributed by atoms with Crippen molar-refractivity contribution in [1.82, 2.24) is 0 Å². The first-order valence-corrected chi connectivity index (χ1v) is 9.33. The van der Waals surface area contributed by atoms with Gasteiger partial charge in [-0.3, -0.25) is 4.79 Å². The standard InChI is InChI=1S/C21H24BrNO3/c1-15(2)12-13-26-19-10-8-16(14-20(19)25-3)9-11-21(24)23-18-7-5-4-6-17(18)22/h4-11,14-15H,12-13H2,1-3H3,(H,23,24). The smallest absolute Gasteiger partial charge is 0.248 e. The number of para-hydroxylation sites is 1. The molecule has 0 bridgehead atoms. The molecule has 2 rings (SSSR count). The minimum atomic E-state index is -0.201. The molecule has 2 aromatic rings. The summed E-state index contributed by atoms with van der Waals surface area (Å²) in [6.45, 7) is 4.97. The lowest BCUT2D eigenvalue weighted by atomic mass is 10.1. The maximum absolute atomic E-state index is 12.1. The molecule has 0 aliphatic heterocycles. The van der Waals surface area contributed by atoms with Crippen molar-refractivity contribution in [3.63, 3.8) is 0 Å². The Morgan fingerprint density at radius 1 is 1.19 bits per heavy atom. The lowest BCUT2D eigenvalue weighted by Gasteiger charge is -2.12. The number of benzene rings is 2. The summed E-state index contributed by atoms with van der Waals surface area (Å²) >= 11 is 3.41. The van der Waals surface area contributed by atoms with Crippen LogP contribution < -0.4 is 14.8 Å². The highest BCUT2D eigenvalue weighted by Gasteiger charge is 2.06. The van der Waals surface area contributed by atoms with Gasteiger partial charge >= 0.3 is 0 Å². The average Bonchev–Trinajstić information content (AvgIpc) is 2.62. The predicted octanol–water partition coefficient (Wildman–Crippen LogP) is 5.53. The molecular weight excluding hydrogens is 394 g/mol. The Labute approximate surface area is 163 Å². The minimum absolute atomic E-state index is 0.201. The zero-order valence-corrected chi connectivity index (χ0v) is 16.9. The normalized spacial score (nSPS) is 11.0. The molecule has 2 aromatic carbocycles. The van der Waals surface area contributed by atoms with Crippen LogP contribution >= 0.6 is 15.9 Å². The average molecular weight is 418 g/mol. The van der Waals surface area contributed by atoms with Crippen LogP contribution in [0.1, 0.15) is 25.8 Å². The molecule has 5 heteroatoms. The van der Waals surface area contributed by atoms with E-state index >= 15 is 0 Å². The number of methoxy groups -OCH3 is 1. The molecule has 0 spiro atoms. The highest BCUT2D eigenvalue weighted by molar-refractivity contribution is 9.10. The Morgan fingerprint density at radius 3 is 2.65 bits per heavy atom. The second-order valence-corrected chi connectivity index (χ2v) is 7.10. The van der Waals surface area contributed by atoms with E-state index in [-0.39, 0.29) is 5.91 Å². The monoisotopic (exact) mass is 417 g/mol. The number of halogens is 1. The van der Waals surface area contributed by atoms with E-state index in [4.69, 9.17) is 9.47 Å². The molecule has 0 fully saturated rings. The van der Waals surface area contributed by atoms with Gasteiger partial charge in [0.2, 0.25) is 5.91 Å². The van der Waals surface area contributed by atoms with E-state index in [9.17, 15) is 4.79 Å². The molecule has 138 valence electrons. The summed E-state index contributed by atoms with van der Waals surface area (Å²) in [6.07, 6.45) is 4.22. The zero-order valence-electron chi connectivity index (χ0n) is 15.3. The van der Waals surface area contributed by atoms with E-state index in [1.54, 1.807) is 13.2 Å². The number of rotatable bonds is 8. The SMILES string of the molecule is COc1cc(C=CC(=O)Nc2ccccc2Br)ccc1OCCC(C)C. The molecule has 4 nitrogen and oxygen atoms in total. The van der Waals surface area contributed by atoms with Crippen molar-refractivity contribution in [2.24, 2.45) is 5.92 Å². The third kappa shape index (κ3) is 6.23. The van der Waals surface area contributed by atoms with Gasteiger partial charge in [-0.25, -0.2) is 0 Å². The van der Waals surface area contributed by atoms with Crippen LogP contribution in [-0.4, -0.2) is 19.6 Å². The molecule has 1 amide bonds. The number of hydrogen-bond donors (Lipinski definition) is 1. The van der Waals surface area contributed by atoms with Crippen molar-refractivity contribution in [2.45, 2.75) is 20.3 Å². The largest absolute Gasteiger partial charge is 0.493 e. The number of ether oxygens (including phenoxy) is 2. The number of carbonyl (C=O) groups excluding carboxylic acids is 1. The van der Waals surface area contributed by atoms with Crippen LogP contribution in [0.15, 0.2) is 53.0 Å². The second-order valence-electron chi connectivity index (χ2n) is 6.24.